The van der Waals surface area contributed by atoms with Crippen molar-refractivity contribution in [2.75, 3.05) is 18.0 Å². The third-order valence-corrected chi connectivity index (χ3v) is 5.52. The van der Waals surface area contributed by atoms with Gasteiger partial charge in [-0.3, -0.25) is 9.36 Å². The normalized spacial score (nSPS) is 17.4. The van der Waals surface area contributed by atoms with Crippen molar-refractivity contribution in [2.24, 2.45) is 5.92 Å². The van der Waals surface area contributed by atoms with Crippen LogP contribution in [0, 0.1) is 12.8 Å². The molecule has 1 atom stereocenters. The van der Waals surface area contributed by atoms with Crippen LogP contribution in [0.5, 0.6) is 0 Å². The van der Waals surface area contributed by atoms with E-state index in [0.717, 1.165) is 41.2 Å². The maximum Gasteiger partial charge on any atom is 0.225 e. The van der Waals surface area contributed by atoms with Gasteiger partial charge in [0.15, 0.2) is 0 Å². The second kappa shape index (κ2) is 7.33. The highest BCUT2D eigenvalue weighted by atomic mass is 32.1. The number of nitrogens with one attached hydrogen (secondary N) is 1. The highest BCUT2D eigenvalue weighted by Crippen LogP contribution is 2.28. The molecule has 1 aliphatic heterocycles. The number of furan rings is 1. The Morgan fingerprint density at radius 3 is 2.88 bits per heavy atom. The molecule has 1 N–H and O–H groups in total. The van der Waals surface area contributed by atoms with Gasteiger partial charge in [0, 0.05) is 25.5 Å². The number of hydrogen-bond donors (Lipinski definition) is 1. The molecule has 0 saturated carbocycles. The van der Waals surface area contributed by atoms with Crippen LogP contribution in [-0.2, 0) is 11.3 Å². The number of rotatable bonds is 5. The van der Waals surface area contributed by atoms with Crippen LogP contribution in [0.15, 0.2) is 41.1 Å². The van der Waals surface area contributed by atoms with Crippen LogP contribution >= 0.6 is 11.3 Å². The van der Waals surface area contributed by atoms with Crippen LogP contribution in [-0.4, -0.2) is 33.8 Å². The zero-order chi connectivity index (χ0) is 17.9. The van der Waals surface area contributed by atoms with Gasteiger partial charge < -0.3 is 14.6 Å². The average molecular weight is 371 g/mol. The maximum atomic E-state index is 12.5. The van der Waals surface area contributed by atoms with E-state index in [1.165, 1.54) is 0 Å². The first-order chi connectivity index (χ1) is 12.7. The Kier molecular flexibility index (Phi) is 4.75. The van der Waals surface area contributed by atoms with Crippen molar-refractivity contribution in [2.45, 2.75) is 26.3 Å². The molecule has 1 saturated heterocycles. The van der Waals surface area contributed by atoms with Gasteiger partial charge in [-0.15, -0.1) is 10.2 Å². The van der Waals surface area contributed by atoms with Crippen molar-refractivity contribution >= 4 is 22.4 Å². The lowest BCUT2D eigenvalue weighted by molar-refractivity contribution is -0.125. The molecule has 26 heavy (non-hydrogen) atoms. The second-order valence-corrected chi connectivity index (χ2v) is 7.41. The standard InChI is InChI=1S/C18H21N5O2S/c1-13-6-7-15(25-13)11-19-16(24)14-5-4-10-23(12-14)18-21-20-17(26-18)22-8-2-3-9-22/h2-3,6-9,14H,4-5,10-12H2,1H3,(H,19,24)/t14-/m0/s1. The fraction of sp³-hybridized carbons (Fsp3) is 0.389. The van der Waals surface area contributed by atoms with Gasteiger partial charge in [-0.2, -0.15) is 0 Å². The van der Waals surface area contributed by atoms with Gasteiger partial charge in [-0.05, 0) is 44.0 Å². The minimum atomic E-state index is -0.0428. The predicted molar refractivity (Wildman–Crippen MR) is 99.5 cm³/mol. The highest BCUT2D eigenvalue weighted by molar-refractivity contribution is 7.17. The second-order valence-electron chi connectivity index (χ2n) is 6.47. The number of anilines is 1. The molecule has 8 heteroatoms. The Morgan fingerprint density at radius 2 is 2.12 bits per heavy atom. The number of piperidine rings is 1. The number of hydrogen-bond acceptors (Lipinski definition) is 6. The van der Waals surface area contributed by atoms with Crippen molar-refractivity contribution in [3.63, 3.8) is 0 Å². The van der Waals surface area contributed by atoms with Gasteiger partial charge in [0.05, 0.1) is 12.5 Å². The van der Waals surface area contributed by atoms with Crippen molar-refractivity contribution < 1.29 is 9.21 Å². The van der Waals surface area contributed by atoms with Gasteiger partial charge in [0.1, 0.15) is 11.5 Å². The third-order valence-electron chi connectivity index (χ3n) is 4.52. The minimum Gasteiger partial charge on any atom is -0.465 e. The first-order valence-corrected chi connectivity index (χ1v) is 9.55. The molecule has 0 aliphatic carbocycles. The molecule has 0 unspecified atom stereocenters. The molecule has 3 aromatic rings. The topological polar surface area (TPSA) is 76.2 Å². The number of aromatic nitrogens is 3. The largest absolute Gasteiger partial charge is 0.465 e. The van der Waals surface area contributed by atoms with Crippen LogP contribution in [0.25, 0.3) is 5.13 Å². The van der Waals surface area contributed by atoms with Crippen LogP contribution in [0.3, 0.4) is 0 Å². The fourth-order valence-corrected chi connectivity index (χ4v) is 4.01. The molecule has 136 valence electrons. The van der Waals surface area contributed by atoms with E-state index >= 15 is 0 Å². The minimum absolute atomic E-state index is 0.0428. The van der Waals surface area contributed by atoms with Gasteiger partial charge in [0.25, 0.3) is 0 Å². The van der Waals surface area contributed by atoms with Crippen molar-refractivity contribution in [1.82, 2.24) is 20.1 Å². The number of amides is 1. The summed E-state index contributed by atoms with van der Waals surface area (Å²) >= 11 is 1.54. The average Bonchev–Trinajstić information content (AvgIpc) is 3.40. The molecule has 3 aromatic heterocycles. The maximum absolute atomic E-state index is 12.5. The van der Waals surface area contributed by atoms with E-state index in [4.69, 9.17) is 4.42 Å². The van der Waals surface area contributed by atoms with E-state index in [-0.39, 0.29) is 11.8 Å². The van der Waals surface area contributed by atoms with Crippen LogP contribution in [0.4, 0.5) is 5.13 Å². The number of aryl methyl sites for hydroxylation is 1. The van der Waals surface area contributed by atoms with Crippen molar-refractivity contribution in [1.29, 1.82) is 0 Å². The summed E-state index contributed by atoms with van der Waals surface area (Å²) in [6.45, 7) is 3.90. The van der Waals surface area contributed by atoms with Gasteiger partial charge >= 0.3 is 0 Å². The lowest BCUT2D eigenvalue weighted by Crippen LogP contribution is -2.42. The number of carbonyl (C=O) groups excluding carboxylic acids is 1. The summed E-state index contributed by atoms with van der Waals surface area (Å²) in [7, 11) is 0. The van der Waals surface area contributed by atoms with Gasteiger partial charge in [-0.1, -0.05) is 11.3 Å². The van der Waals surface area contributed by atoms with Crippen LogP contribution in [0.1, 0.15) is 24.4 Å². The number of carbonyl (C=O) groups is 1. The summed E-state index contributed by atoms with van der Waals surface area (Å²) in [5, 5.41) is 13.3. The van der Waals surface area contributed by atoms with Crippen LogP contribution < -0.4 is 10.2 Å². The van der Waals surface area contributed by atoms with E-state index in [0.29, 0.717) is 13.1 Å². The van der Waals surface area contributed by atoms with Crippen molar-refractivity contribution in [3.8, 4) is 5.13 Å². The summed E-state index contributed by atoms with van der Waals surface area (Å²) in [6, 6.07) is 7.72. The lowest BCUT2D eigenvalue weighted by Gasteiger charge is -2.31. The zero-order valence-electron chi connectivity index (χ0n) is 14.6. The fourth-order valence-electron chi connectivity index (χ4n) is 3.17. The molecule has 0 radical (unpaired) electrons. The summed E-state index contributed by atoms with van der Waals surface area (Å²) in [5.74, 6) is 1.66. The lowest BCUT2D eigenvalue weighted by atomic mass is 9.97. The Bertz CT molecular complexity index is 870. The van der Waals surface area contributed by atoms with Crippen molar-refractivity contribution in [3.05, 3.63) is 48.2 Å². The summed E-state index contributed by atoms with van der Waals surface area (Å²) in [5.41, 5.74) is 0. The molecular formula is C18H21N5O2S. The van der Waals surface area contributed by atoms with E-state index in [2.05, 4.69) is 20.4 Å². The van der Waals surface area contributed by atoms with E-state index in [1.54, 1.807) is 11.3 Å². The first kappa shape index (κ1) is 16.8. The Morgan fingerprint density at radius 1 is 1.31 bits per heavy atom. The predicted octanol–water partition coefficient (Wildman–Crippen LogP) is 2.76. The Balaban J connectivity index is 1.37. The molecule has 0 aromatic carbocycles. The van der Waals surface area contributed by atoms with E-state index < -0.39 is 0 Å². The van der Waals surface area contributed by atoms with Gasteiger partial charge in [0.2, 0.25) is 16.2 Å². The summed E-state index contributed by atoms with van der Waals surface area (Å²) in [4.78, 5) is 14.7. The Hall–Kier alpha value is -2.61. The monoisotopic (exact) mass is 371 g/mol. The number of nitrogens with zero attached hydrogens (tertiary/aromatic N) is 4. The SMILES string of the molecule is Cc1ccc(CNC(=O)[C@H]2CCCN(c3nnc(-n4cccc4)s3)C2)o1. The summed E-state index contributed by atoms with van der Waals surface area (Å²) < 4.78 is 7.45. The molecule has 0 spiro atoms. The molecule has 0 bridgehead atoms. The summed E-state index contributed by atoms with van der Waals surface area (Å²) in [6.07, 6.45) is 5.76. The van der Waals surface area contributed by atoms with E-state index in [9.17, 15) is 4.79 Å². The highest BCUT2D eigenvalue weighted by Gasteiger charge is 2.27. The molecule has 1 fully saturated rings. The van der Waals surface area contributed by atoms with E-state index in [1.807, 2.05) is 48.1 Å². The smallest absolute Gasteiger partial charge is 0.225 e. The van der Waals surface area contributed by atoms with Gasteiger partial charge in [-0.25, -0.2) is 0 Å². The molecule has 7 nitrogen and oxygen atoms in total. The quantitative estimate of drug-likeness (QED) is 0.746. The molecule has 1 aliphatic rings. The molecule has 4 rings (SSSR count). The molecular weight excluding hydrogens is 350 g/mol. The first-order valence-electron chi connectivity index (χ1n) is 8.74. The molecule has 1 amide bonds. The molecule has 4 heterocycles. The Labute approximate surface area is 155 Å². The third kappa shape index (κ3) is 3.65. The van der Waals surface area contributed by atoms with Crippen LogP contribution in [0.2, 0.25) is 0 Å². The zero-order valence-corrected chi connectivity index (χ0v) is 15.4.